The summed E-state index contributed by atoms with van der Waals surface area (Å²) in [5.41, 5.74) is 0. The highest BCUT2D eigenvalue weighted by Gasteiger charge is 2.30. The number of carbonyl (C=O) groups excluding carboxylic acids is 1. The standard InChI is InChI=1S/C12H19NO4/c14-11(9-4-5-17-7-9)13-10-3-1-2-8(6-10)12(15)16/h8-10H,1-7H2,(H,13,14)(H,15,16). The Bertz CT molecular complexity index is 299. The van der Waals surface area contributed by atoms with Crippen molar-refractivity contribution in [1.29, 1.82) is 0 Å². The van der Waals surface area contributed by atoms with Gasteiger partial charge in [0.2, 0.25) is 5.91 Å². The summed E-state index contributed by atoms with van der Waals surface area (Å²) in [6.45, 7) is 1.15. The molecule has 96 valence electrons. The molecule has 2 N–H and O–H groups in total. The Morgan fingerprint density at radius 1 is 1.18 bits per heavy atom. The average Bonchev–Trinajstić information content (AvgIpc) is 2.82. The van der Waals surface area contributed by atoms with Crippen molar-refractivity contribution < 1.29 is 19.4 Å². The van der Waals surface area contributed by atoms with E-state index in [1.165, 1.54) is 0 Å². The van der Waals surface area contributed by atoms with Crippen LogP contribution in [0.1, 0.15) is 32.1 Å². The second kappa shape index (κ2) is 5.49. The summed E-state index contributed by atoms with van der Waals surface area (Å²) < 4.78 is 5.17. The minimum absolute atomic E-state index is 0.0259. The maximum absolute atomic E-state index is 11.9. The molecule has 3 unspecified atom stereocenters. The van der Waals surface area contributed by atoms with Crippen molar-refractivity contribution in [2.75, 3.05) is 13.2 Å². The predicted molar refractivity (Wildman–Crippen MR) is 60.5 cm³/mol. The van der Waals surface area contributed by atoms with Gasteiger partial charge in [-0.15, -0.1) is 0 Å². The number of rotatable bonds is 3. The Labute approximate surface area is 101 Å². The molecule has 0 aromatic heterocycles. The van der Waals surface area contributed by atoms with Crippen molar-refractivity contribution in [2.45, 2.75) is 38.1 Å². The van der Waals surface area contributed by atoms with Crippen LogP contribution in [0.4, 0.5) is 0 Å². The van der Waals surface area contributed by atoms with Gasteiger partial charge in [0.25, 0.3) is 0 Å². The van der Waals surface area contributed by atoms with Crippen LogP contribution < -0.4 is 5.32 Å². The summed E-state index contributed by atoms with van der Waals surface area (Å²) >= 11 is 0. The van der Waals surface area contributed by atoms with Crippen molar-refractivity contribution >= 4 is 11.9 Å². The van der Waals surface area contributed by atoms with Crippen molar-refractivity contribution in [3.8, 4) is 0 Å². The summed E-state index contributed by atoms with van der Waals surface area (Å²) in [4.78, 5) is 22.8. The molecule has 1 aliphatic heterocycles. The Hall–Kier alpha value is -1.10. The molecule has 2 aliphatic rings. The van der Waals surface area contributed by atoms with E-state index in [0.29, 0.717) is 19.6 Å². The monoisotopic (exact) mass is 241 g/mol. The van der Waals surface area contributed by atoms with E-state index in [2.05, 4.69) is 5.32 Å². The molecule has 1 saturated heterocycles. The lowest BCUT2D eigenvalue weighted by molar-refractivity contribution is -0.143. The van der Waals surface area contributed by atoms with Crippen molar-refractivity contribution in [1.82, 2.24) is 5.32 Å². The SMILES string of the molecule is O=C(O)C1CCCC(NC(=O)C2CCOC2)C1. The zero-order chi connectivity index (χ0) is 12.3. The third-order valence-electron chi connectivity index (χ3n) is 3.67. The zero-order valence-electron chi connectivity index (χ0n) is 9.85. The fourth-order valence-corrected chi connectivity index (χ4v) is 2.61. The van der Waals surface area contributed by atoms with Gasteiger partial charge in [0.15, 0.2) is 0 Å². The molecule has 1 aliphatic carbocycles. The van der Waals surface area contributed by atoms with Crippen LogP contribution >= 0.6 is 0 Å². The summed E-state index contributed by atoms with van der Waals surface area (Å²) in [6, 6.07) is 0.0259. The van der Waals surface area contributed by atoms with Gasteiger partial charge in [-0.1, -0.05) is 6.42 Å². The normalized spacial score (nSPS) is 33.3. The second-order valence-corrected chi connectivity index (χ2v) is 4.97. The van der Waals surface area contributed by atoms with Crippen LogP contribution in [0, 0.1) is 11.8 Å². The number of carboxylic acids is 1. The first-order valence-electron chi connectivity index (χ1n) is 6.27. The summed E-state index contributed by atoms with van der Waals surface area (Å²) in [5.74, 6) is -1.05. The molecule has 17 heavy (non-hydrogen) atoms. The van der Waals surface area contributed by atoms with Crippen LogP contribution in [0.3, 0.4) is 0 Å². The van der Waals surface area contributed by atoms with E-state index in [-0.39, 0.29) is 23.8 Å². The predicted octanol–water partition coefficient (Wildman–Crippen LogP) is 0.782. The van der Waals surface area contributed by atoms with E-state index < -0.39 is 5.97 Å². The first-order valence-corrected chi connectivity index (χ1v) is 6.27. The number of carboxylic acid groups (broad SMARTS) is 1. The highest BCUT2D eigenvalue weighted by atomic mass is 16.5. The van der Waals surface area contributed by atoms with Gasteiger partial charge < -0.3 is 15.2 Å². The maximum Gasteiger partial charge on any atom is 0.306 e. The minimum Gasteiger partial charge on any atom is -0.481 e. The zero-order valence-corrected chi connectivity index (χ0v) is 9.85. The number of hydrogen-bond donors (Lipinski definition) is 2. The number of nitrogens with one attached hydrogen (secondary N) is 1. The molecule has 1 saturated carbocycles. The second-order valence-electron chi connectivity index (χ2n) is 4.97. The number of hydrogen-bond acceptors (Lipinski definition) is 3. The first kappa shape index (κ1) is 12.4. The van der Waals surface area contributed by atoms with Gasteiger partial charge in [0.05, 0.1) is 18.4 Å². The lowest BCUT2D eigenvalue weighted by atomic mass is 9.85. The lowest BCUT2D eigenvalue weighted by Crippen LogP contribution is -2.42. The number of ether oxygens (including phenoxy) is 1. The van der Waals surface area contributed by atoms with Gasteiger partial charge in [-0.2, -0.15) is 0 Å². The van der Waals surface area contributed by atoms with E-state index in [9.17, 15) is 9.59 Å². The third kappa shape index (κ3) is 3.19. The highest BCUT2D eigenvalue weighted by molar-refractivity contribution is 5.79. The van der Waals surface area contributed by atoms with Crippen LogP contribution in [0.15, 0.2) is 0 Å². The largest absolute Gasteiger partial charge is 0.481 e. The molecule has 0 bridgehead atoms. The van der Waals surface area contributed by atoms with E-state index in [0.717, 1.165) is 25.7 Å². The Balaban J connectivity index is 1.81. The molecule has 0 radical (unpaired) electrons. The molecule has 1 heterocycles. The van der Waals surface area contributed by atoms with Crippen LogP contribution in [0.5, 0.6) is 0 Å². The highest BCUT2D eigenvalue weighted by Crippen LogP contribution is 2.25. The number of aliphatic carboxylic acids is 1. The van der Waals surface area contributed by atoms with Crippen LogP contribution in [0.2, 0.25) is 0 Å². The third-order valence-corrected chi connectivity index (χ3v) is 3.67. The maximum atomic E-state index is 11.9. The summed E-state index contributed by atoms with van der Waals surface area (Å²) in [5, 5.41) is 11.9. The fraction of sp³-hybridized carbons (Fsp3) is 0.833. The number of amides is 1. The first-order chi connectivity index (χ1) is 8.16. The van der Waals surface area contributed by atoms with E-state index in [1.54, 1.807) is 0 Å². The van der Waals surface area contributed by atoms with E-state index >= 15 is 0 Å². The molecular weight excluding hydrogens is 222 g/mol. The van der Waals surface area contributed by atoms with Crippen LogP contribution in [0.25, 0.3) is 0 Å². The molecular formula is C12H19NO4. The van der Waals surface area contributed by atoms with Crippen LogP contribution in [-0.4, -0.2) is 36.2 Å². The summed E-state index contributed by atoms with van der Waals surface area (Å²) in [6.07, 6.45) is 3.84. The smallest absolute Gasteiger partial charge is 0.306 e. The Morgan fingerprint density at radius 3 is 2.65 bits per heavy atom. The molecule has 2 fully saturated rings. The van der Waals surface area contributed by atoms with E-state index in [1.807, 2.05) is 0 Å². The van der Waals surface area contributed by atoms with Crippen LogP contribution in [-0.2, 0) is 14.3 Å². The lowest BCUT2D eigenvalue weighted by Gasteiger charge is -2.28. The summed E-state index contributed by atoms with van der Waals surface area (Å²) in [7, 11) is 0. The van der Waals surface area contributed by atoms with Gasteiger partial charge >= 0.3 is 5.97 Å². The molecule has 5 nitrogen and oxygen atoms in total. The Morgan fingerprint density at radius 2 is 2.00 bits per heavy atom. The topological polar surface area (TPSA) is 75.6 Å². The molecule has 0 aromatic carbocycles. The van der Waals surface area contributed by atoms with Gasteiger partial charge in [-0.25, -0.2) is 0 Å². The van der Waals surface area contributed by atoms with Gasteiger partial charge in [-0.05, 0) is 25.7 Å². The average molecular weight is 241 g/mol. The van der Waals surface area contributed by atoms with Crippen molar-refractivity contribution in [3.05, 3.63) is 0 Å². The molecule has 0 aromatic rings. The Kier molecular flexibility index (Phi) is 3.99. The van der Waals surface area contributed by atoms with Gasteiger partial charge in [0.1, 0.15) is 0 Å². The number of carbonyl (C=O) groups is 2. The van der Waals surface area contributed by atoms with Gasteiger partial charge in [-0.3, -0.25) is 9.59 Å². The van der Waals surface area contributed by atoms with E-state index in [4.69, 9.17) is 9.84 Å². The molecule has 5 heteroatoms. The molecule has 0 spiro atoms. The molecule has 3 atom stereocenters. The molecule has 1 amide bonds. The van der Waals surface area contributed by atoms with Gasteiger partial charge in [0, 0.05) is 12.6 Å². The fourth-order valence-electron chi connectivity index (χ4n) is 2.61. The van der Waals surface area contributed by atoms with Crippen molar-refractivity contribution in [3.63, 3.8) is 0 Å². The van der Waals surface area contributed by atoms with Crippen molar-refractivity contribution in [2.24, 2.45) is 11.8 Å². The molecule has 2 rings (SSSR count). The quantitative estimate of drug-likeness (QED) is 0.765. The minimum atomic E-state index is -0.742.